The number of hydrogen-bond donors (Lipinski definition) is 2. The first-order valence-corrected chi connectivity index (χ1v) is 6.00. The van der Waals surface area contributed by atoms with E-state index in [4.69, 9.17) is 29.0 Å². The second-order valence-corrected chi connectivity index (χ2v) is 5.87. The molecule has 0 amide bonds. The van der Waals surface area contributed by atoms with Gasteiger partial charge in [-0.15, -0.1) is 0 Å². The van der Waals surface area contributed by atoms with Crippen LogP contribution in [0.25, 0.3) is 0 Å². The average Bonchev–Trinajstić information content (AvgIpc) is 2.14. The summed E-state index contributed by atoms with van der Waals surface area (Å²) in [7, 11) is 0. The summed E-state index contributed by atoms with van der Waals surface area (Å²) < 4.78 is 0. The Kier molecular flexibility index (Phi) is 4.62. The van der Waals surface area contributed by atoms with E-state index in [1.807, 2.05) is 12.1 Å². The zero-order valence-electron chi connectivity index (χ0n) is 9.85. The average molecular weight is 261 g/mol. The van der Waals surface area contributed by atoms with E-state index < -0.39 is 0 Å². The largest absolute Gasteiger partial charge is 0.271 e. The lowest BCUT2D eigenvalue weighted by atomic mass is 9.83. The highest BCUT2D eigenvalue weighted by molar-refractivity contribution is 6.35. The molecule has 90 valence electrons. The molecule has 0 aliphatic carbocycles. The van der Waals surface area contributed by atoms with Crippen molar-refractivity contribution in [1.82, 2.24) is 5.43 Å². The maximum absolute atomic E-state index is 6.13. The van der Waals surface area contributed by atoms with Crippen LogP contribution in [0.1, 0.15) is 26.3 Å². The smallest absolute Gasteiger partial charge is 0.0453 e. The molecular weight excluding hydrogens is 243 g/mol. The molecule has 0 spiro atoms. The second-order valence-electron chi connectivity index (χ2n) is 5.03. The van der Waals surface area contributed by atoms with Gasteiger partial charge < -0.3 is 0 Å². The lowest BCUT2D eigenvalue weighted by molar-refractivity contribution is 0.269. The van der Waals surface area contributed by atoms with Gasteiger partial charge in [-0.25, -0.2) is 0 Å². The van der Waals surface area contributed by atoms with Crippen molar-refractivity contribution < 1.29 is 0 Å². The van der Waals surface area contributed by atoms with Crippen LogP contribution in [0, 0.1) is 5.41 Å². The monoisotopic (exact) mass is 260 g/mol. The van der Waals surface area contributed by atoms with Crippen LogP contribution in [0.5, 0.6) is 0 Å². The topological polar surface area (TPSA) is 38.0 Å². The Morgan fingerprint density at radius 1 is 1.31 bits per heavy atom. The van der Waals surface area contributed by atoms with Crippen LogP contribution in [-0.4, -0.2) is 6.04 Å². The number of rotatable bonds is 3. The second kappa shape index (κ2) is 5.37. The highest BCUT2D eigenvalue weighted by atomic mass is 35.5. The van der Waals surface area contributed by atoms with E-state index in [1.165, 1.54) is 0 Å². The molecule has 0 bridgehead atoms. The van der Waals surface area contributed by atoms with Crippen molar-refractivity contribution in [3.63, 3.8) is 0 Å². The third-order valence-electron chi connectivity index (χ3n) is 2.69. The lowest BCUT2D eigenvalue weighted by Gasteiger charge is -2.30. The van der Waals surface area contributed by atoms with Crippen molar-refractivity contribution in [2.45, 2.75) is 33.2 Å². The molecule has 0 saturated heterocycles. The van der Waals surface area contributed by atoms with Crippen LogP contribution in [0.15, 0.2) is 18.2 Å². The van der Waals surface area contributed by atoms with Gasteiger partial charge in [-0.05, 0) is 29.5 Å². The predicted molar refractivity (Wildman–Crippen MR) is 70.7 cm³/mol. The molecule has 0 fully saturated rings. The van der Waals surface area contributed by atoms with Crippen molar-refractivity contribution in [2.75, 3.05) is 0 Å². The first-order valence-electron chi connectivity index (χ1n) is 5.24. The van der Waals surface area contributed by atoms with Crippen molar-refractivity contribution in [3.05, 3.63) is 33.8 Å². The molecule has 1 aromatic carbocycles. The zero-order chi connectivity index (χ0) is 12.3. The summed E-state index contributed by atoms with van der Waals surface area (Å²) in [6.45, 7) is 6.42. The van der Waals surface area contributed by atoms with Gasteiger partial charge in [0.2, 0.25) is 0 Å². The molecule has 0 radical (unpaired) electrons. The maximum atomic E-state index is 6.13. The van der Waals surface area contributed by atoms with Gasteiger partial charge in [0.1, 0.15) is 0 Å². The Balaban J connectivity index is 2.86. The van der Waals surface area contributed by atoms with Gasteiger partial charge in [-0.3, -0.25) is 11.3 Å². The molecule has 1 atom stereocenters. The van der Waals surface area contributed by atoms with Crippen LogP contribution >= 0.6 is 23.2 Å². The van der Waals surface area contributed by atoms with Crippen molar-refractivity contribution in [2.24, 2.45) is 11.3 Å². The van der Waals surface area contributed by atoms with E-state index in [-0.39, 0.29) is 11.5 Å². The summed E-state index contributed by atoms with van der Waals surface area (Å²) in [6, 6.07) is 5.72. The van der Waals surface area contributed by atoms with Crippen molar-refractivity contribution in [1.29, 1.82) is 0 Å². The summed E-state index contributed by atoms with van der Waals surface area (Å²) in [4.78, 5) is 0. The van der Waals surface area contributed by atoms with Gasteiger partial charge in [0.05, 0.1) is 0 Å². The summed E-state index contributed by atoms with van der Waals surface area (Å²) in [6.07, 6.45) is 0.788. The summed E-state index contributed by atoms with van der Waals surface area (Å²) in [5.41, 5.74) is 3.98. The van der Waals surface area contributed by atoms with Crippen LogP contribution in [-0.2, 0) is 6.42 Å². The molecule has 1 aromatic rings. The minimum Gasteiger partial charge on any atom is -0.271 e. The standard InChI is InChI=1S/C12H18Cl2N2/c1-12(2,3)11(16-15)6-8-4-5-9(13)7-10(8)14/h4-5,7,11,16H,6,15H2,1-3H3. The predicted octanol–water partition coefficient (Wildman–Crippen LogP) is 3.41. The van der Waals surface area contributed by atoms with E-state index in [1.54, 1.807) is 6.07 Å². The molecule has 0 saturated carbocycles. The van der Waals surface area contributed by atoms with Gasteiger partial charge in [-0.1, -0.05) is 50.0 Å². The van der Waals surface area contributed by atoms with Gasteiger partial charge in [0, 0.05) is 16.1 Å². The van der Waals surface area contributed by atoms with Crippen molar-refractivity contribution >= 4 is 23.2 Å². The molecule has 3 N–H and O–H groups in total. The molecule has 2 nitrogen and oxygen atoms in total. The first-order chi connectivity index (χ1) is 7.34. The Morgan fingerprint density at radius 2 is 1.94 bits per heavy atom. The van der Waals surface area contributed by atoms with E-state index in [0.717, 1.165) is 12.0 Å². The third kappa shape index (κ3) is 3.63. The number of benzene rings is 1. The number of nitrogens with one attached hydrogen (secondary N) is 1. The Morgan fingerprint density at radius 3 is 2.38 bits per heavy atom. The SMILES string of the molecule is CC(C)(C)C(Cc1ccc(Cl)cc1Cl)NN. The molecular formula is C12H18Cl2N2. The van der Waals surface area contributed by atoms with E-state index in [9.17, 15) is 0 Å². The Labute approximate surface area is 107 Å². The zero-order valence-corrected chi connectivity index (χ0v) is 11.4. The number of hydrazine groups is 1. The third-order valence-corrected chi connectivity index (χ3v) is 3.27. The van der Waals surface area contributed by atoms with E-state index >= 15 is 0 Å². The highest BCUT2D eigenvalue weighted by Crippen LogP contribution is 2.27. The first kappa shape index (κ1) is 13.8. The molecule has 0 aliphatic heterocycles. The van der Waals surface area contributed by atoms with Gasteiger partial charge in [0.15, 0.2) is 0 Å². The van der Waals surface area contributed by atoms with Crippen LogP contribution < -0.4 is 11.3 Å². The molecule has 1 unspecified atom stereocenters. The molecule has 4 heteroatoms. The molecule has 0 aromatic heterocycles. The van der Waals surface area contributed by atoms with E-state index in [0.29, 0.717) is 10.0 Å². The van der Waals surface area contributed by atoms with Crippen molar-refractivity contribution in [3.8, 4) is 0 Å². The van der Waals surface area contributed by atoms with Crippen LogP contribution in [0.3, 0.4) is 0 Å². The summed E-state index contributed by atoms with van der Waals surface area (Å²) in [5.74, 6) is 5.57. The van der Waals surface area contributed by atoms with E-state index in [2.05, 4.69) is 26.2 Å². The number of nitrogens with two attached hydrogens (primary N) is 1. The molecule has 0 heterocycles. The van der Waals surface area contributed by atoms with Gasteiger partial charge >= 0.3 is 0 Å². The van der Waals surface area contributed by atoms with Gasteiger partial charge in [0.25, 0.3) is 0 Å². The normalized spacial score (nSPS) is 13.9. The number of hydrogen-bond acceptors (Lipinski definition) is 2. The molecule has 0 aliphatic rings. The van der Waals surface area contributed by atoms with Gasteiger partial charge in [-0.2, -0.15) is 0 Å². The quantitative estimate of drug-likeness (QED) is 0.646. The number of halogens is 2. The molecule has 1 rings (SSSR count). The Hall–Kier alpha value is -0.280. The fourth-order valence-electron chi connectivity index (χ4n) is 1.52. The summed E-state index contributed by atoms with van der Waals surface area (Å²) >= 11 is 12.0. The highest BCUT2D eigenvalue weighted by Gasteiger charge is 2.24. The van der Waals surface area contributed by atoms with Crippen LogP contribution in [0.2, 0.25) is 10.0 Å². The lowest BCUT2D eigenvalue weighted by Crippen LogP contribution is -2.45. The summed E-state index contributed by atoms with van der Waals surface area (Å²) in [5, 5.41) is 1.35. The molecule has 16 heavy (non-hydrogen) atoms. The fourth-order valence-corrected chi connectivity index (χ4v) is 2.01. The maximum Gasteiger partial charge on any atom is 0.0453 e. The Bertz CT molecular complexity index is 359. The van der Waals surface area contributed by atoms with Crippen LogP contribution in [0.4, 0.5) is 0 Å². The minimum absolute atomic E-state index is 0.0811. The minimum atomic E-state index is 0.0811. The fraction of sp³-hybridized carbons (Fsp3) is 0.500.